The van der Waals surface area contributed by atoms with E-state index >= 15 is 0 Å². The summed E-state index contributed by atoms with van der Waals surface area (Å²) < 4.78 is 81.4. The van der Waals surface area contributed by atoms with Gasteiger partial charge in [-0.25, -0.2) is 14.4 Å². The number of alkyl halides is 5. The van der Waals surface area contributed by atoms with Crippen LogP contribution in [0.5, 0.6) is 0 Å². The van der Waals surface area contributed by atoms with Gasteiger partial charge in [-0.3, -0.25) is 0 Å². The fourth-order valence-corrected chi connectivity index (χ4v) is 2.29. The Morgan fingerprint density at radius 2 is 1.64 bits per heavy atom. The van der Waals surface area contributed by atoms with Crippen LogP contribution in [0.15, 0.2) is 41.1 Å². The van der Waals surface area contributed by atoms with E-state index in [1.807, 2.05) is 0 Å². The van der Waals surface area contributed by atoms with Crippen molar-refractivity contribution < 1.29 is 30.8 Å². The van der Waals surface area contributed by atoms with Crippen LogP contribution in [0.3, 0.4) is 0 Å². The Labute approximate surface area is 153 Å². The highest BCUT2D eigenvalue weighted by atomic mass is 19.4. The molecule has 1 N–H and O–H groups in total. The van der Waals surface area contributed by atoms with Gasteiger partial charge < -0.3 is 9.73 Å². The number of aromatic nitrogens is 4. The van der Waals surface area contributed by atoms with Gasteiger partial charge in [-0.1, -0.05) is 12.1 Å². The molecule has 0 saturated carbocycles. The maximum absolute atomic E-state index is 13.0. The van der Waals surface area contributed by atoms with Gasteiger partial charge in [-0.15, -0.1) is 10.2 Å². The van der Waals surface area contributed by atoms with Crippen LogP contribution in [0.1, 0.15) is 30.3 Å². The Bertz CT molecular complexity index is 911. The molecule has 2 heterocycles. The molecule has 0 spiro atoms. The van der Waals surface area contributed by atoms with Crippen LogP contribution in [0.2, 0.25) is 0 Å². The minimum absolute atomic E-state index is 0.110. The average Bonchev–Trinajstić information content (AvgIpc) is 3.12. The molecule has 12 heteroatoms. The summed E-state index contributed by atoms with van der Waals surface area (Å²) in [6, 6.07) is 3.26. The summed E-state index contributed by atoms with van der Waals surface area (Å²) in [5, 5.41) is 9.10. The van der Waals surface area contributed by atoms with E-state index in [0.717, 1.165) is 24.5 Å². The third kappa shape index (κ3) is 4.96. The molecule has 0 fully saturated rings. The van der Waals surface area contributed by atoms with Gasteiger partial charge in [0.05, 0.1) is 18.0 Å². The van der Waals surface area contributed by atoms with Gasteiger partial charge in [0.2, 0.25) is 5.95 Å². The molecule has 0 aliphatic rings. The Balaban J connectivity index is 1.79. The molecule has 2 aromatic heterocycles. The van der Waals surface area contributed by atoms with E-state index in [1.165, 1.54) is 12.1 Å². The van der Waals surface area contributed by atoms with Crippen LogP contribution >= 0.6 is 0 Å². The first-order valence-corrected chi connectivity index (χ1v) is 7.74. The highest BCUT2D eigenvalue weighted by Crippen LogP contribution is 2.32. The molecule has 148 valence electrons. The molecular weight excluding hydrogens is 392 g/mol. The van der Waals surface area contributed by atoms with E-state index in [2.05, 4.69) is 25.5 Å². The summed E-state index contributed by atoms with van der Waals surface area (Å²) in [5.41, 5.74) is 0.295. The van der Waals surface area contributed by atoms with E-state index in [-0.39, 0.29) is 23.0 Å². The van der Waals surface area contributed by atoms with Gasteiger partial charge in [-0.2, -0.15) is 22.0 Å². The van der Waals surface area contributed by atoms with Crippen LogP contribution in [0, 0.1) is 5.82 Å². The van der Waals surface area contributed by atoms with Crippen molar-refractivity contribution in [3.05, 3.63) is 53.9 Å². The molecule has 0 saturated heterocycles. The predicted octanol–water partition coefficient (Wildman–Crippen LogP) is 4.71. The maximum Gasteiger partial charge on any atom is 0.391 e. The van der Waals surface area contributed by atoms with E-state index < -0.39 is 36.8 Å². The van der Waals surface area contributed by atoms with Crippen LogP contribution in [0.25, 0.3) is 11.5 Å². The van der Waals surface area contributed by atoms with E-state index in [1.54, 1.807) is 0 Å². The lowest BCUT2D eigenvalue weighted by atomic mass is 10.0. The summed E-state index contributed by atoms with van der Waals surface area (Å²) in [4.78, 5) is 7.69. The first-order chi connectivity index (χ1) is 13.2. The van der Waals surface area contributed by atoms with Gasteiger partial charge >= 0.3 is 12.6 Å². The Hall–Kier alpha value is -3.18. The number of rotatable bonds is 6. The van der Waals surface area contributed by atoms with Crippen molar-refractivity contribution in [2.45, 2.75) is 25.1 Å². The zero-order valence-corrected chi connectivity index (χ0v) is 13.8. The van der Waals surface area contributed by atoms with Crippen LogP contribution in [-0.4, -0.2) is 26.3 Å². The second kappa shape index (κ2) is 7.82. The van der Waals surface area contributed by atoms with Crippen molar-refractivity contribution in [2.75, 3.05) is 5.32 Å². The van der Waals surface area contributed by atoms with Crippen molar-refractivity contribution in [3.8, 4) is 11.5 Å². The third-order valence-corrected chi connectivity index (χ3v) is 3.54. The third-order valence-electron chi connectivity index (χ3n) is 3.54. The number of nitrogens with one attached hydrogen (secondary N) is 1. The van der Waals surface area contributed by atoms with Crippen LogP contribution in [0.4, 0.5) is 32.3 Å². The molecule has 0 unspecified atom stereocenters. The quantitative estimate of drug-likeness (QED) is 0.601. The van der Waals surface area contributed by atoms with Gasteiger partial charge in [0.1, 0.15) is 5.82 Å². The normalized spacial score (nSPS) is 13.0. The molecule has 3 aromatic rings. The summed E-state index contributed by atoms with van der Waals surface area (Å²) in [6.07, 6.45) is -6.42. The van der Waals surface area contributed by atoms with Gasteiger partial charge in [0, 0.05) is 12.4 Å². The predicted molar refractivity (Wildman–Crippen MR) is 83.7 cm³/mol. The number of anilines is 1. The standard InChI is InChI=1S/C16H11F6N5O/c17-10-3-1-8(2-4-10)11(5-16(20,21)22)25-15-23-6-9(7-24-15)13-26-27-14(28-13)12(18)19/h1-4,6-7,11-12H,5H2,(H,23,24,25)/t11-/m1/s1. The molecule has 6 nitrogen and oxygen atoms in total. The second-order valence-corrected chi connectivity index (χ2v) is 5.61. The molecule has 0 bridgehead atoms. The lowest BCUT2D eigenvalue weighted by molar-refractivity contribution is -0.137. The Morgan fingerprint density at radius 1 is 1.00 bits per heavy atom. The van der Waals surface area contributed by atoms with Gasteiger partial charge in [0.15, 0.2) is 0 Å². The summed E-state index contributed by atoms with van der Waals surface area (Å²) >= 11 is 0. The molecule has 0 radical (unpaired) electrons. The number of nitrogens with zero attached hydrogens (tertiary/aromatic N) is 4. The minimum Gasteiger partial charge on any atom is -0.415 e. The molecule has 1 aromatic carbocycles. The lowest BCUT2D eigenvalue weighted by Gasteiger charge is -2.20. The highest BCUT2D eigenvalue weighted by molar-refractivity contribution is 5.50. The van der Waals surface area contributed by atoms with Gasteiger partial charge in [-0.05, 0) is 17.7 Å². The molecule has 3 rings (SSSR count). The molecule has 0 aliphatic heterocycles. The van der Waals surface area contributed by atoms with E-state index in [9.17, 15) is 26.3 Å². The average molecular weight is 403 g/mol. The monoisotopic (exact) mass is 403 g/mol. The summed E-state index contributed by atoms with van der Waals surface area (Å²) in [5.74, 6) is -1.88. The van der Waals surface area contributed by atoms with E-state index in [4.69, 9.17) is 4.42 Å². The largest absolute Gasteiger partial charge is 0.415 e. The Morgan fingerprint density at radius 3 is 2.18 bits per heavy atom. The molecule has 1 atom stereocenters. The first-order valence-electron chi connectivity index (χ1n) is 7.74. The number of hydrogen-bond donors (Lipinski definition) is 1. The minimum atomic E-state index is -4.50. The Kier molecular flexibility index (Phi) is 5.47. The van der Waals surface area contributed by atoms with Gasteiger partial charge in [0.25, 0.3) is 11.8 Å². The van der Waals surface area contributed by atoms with Crippen molar-refractivity contribution in [1.29, 1.82) is 0 Å². The zero-order chi connectivity index (χ0) is 20.3. The van der Waals surface area contributed by atoms with Crippen LogP contribution < -0.4 is 5.32 Å². The zero-order valence-electron chi connectivity index (χ0n) is 13.8. The number of benzene rings is 1. The topological polar surface area (TPSA) is 76.7 Å². The smallest absolute Gasteiger partial charge is 0.391 e. The highest BCUT2D eigenvalue weighted by Gasteiger charge is 2.33. The fraction of sp³-hybridized carbons (Fsp3) is 0.250. The lowest BCUT2D eigenvalue weighted by Crippen LogP contribution is -2.21. The molecule has 28 heavy (non-hydrogen) atoms. The number of halogens is 6. The fourth-order valence-electron chi connectivity index (χ4n) is 2.29. The summed E-state index contributed by atoms with van der Waals surface area (Å²) in [6.45, 7) is 0. The molecule has 0 aliphatic carbocycles. The number of hydrogen-bond acceptors (Lipinski definition) is 6. The molecule has 0 amide bonds. The van der Waals surface area contributed by atoms with Crippen molar-refractivity contribution in [3.63, 3.8) is 0 Å². The van der Waals surface area contributed by atoms with Crippen molar-refractivity contribution in [1.82, 2.24) is 20.2 Å². The van der Waals surface area contributed by atoms with Crippen molar-refractivity contribution in [2.24, 2.45) is 0 Å². The second-order valence-electron chi connectivity index (χ2n) is 5.61. The summed E-state index contributed by atoms with van der Waals surface area (Å²) in [7, 11) is 0. The van der Waals surface area contributed by atoms with Crippen molar-refractivity contribution >= 4 is 5.95 Å². The first kappa shape index (κ1) is 19.6. The van der Waals surface area contributed by atoms with E-state index in [0.29, 0.717) is 0 Å². The van der Waals surface area contributed by atoms with Crippen LogP contribution in [-0.2, 0) is 0 Å². The maximum atomic E-state index is 13.0. The molecular formula is C16H11F6N5O. The SMILES string of the molecule is Fc1ccc([C@@H](CC(F)(F)F)Nc2ncc(-c3nnc(C(F)F)o3)cn2)cc1.